The monoisotopic (exact) mass is 425 g/mol. The Balaban J connectivity index is 1.58. The lowest BCUT2D eigenvalue weighted by atomic mass is 10.1. The third kappa shape index (κ3) is 3.87. The van der Waals surface area contributed by atoms with Crippen LogP contribution in [0.5, 0.6) is 0 Å². The normalized spacial score (nSPS) is 15.9. The molecular weight excluding hydrogens is 410 g/mol. The first kappa shape index (κ1) is 19.2. The molecule has 0 unspecified atom stereocenters. The highest BCUT2D eigenvalue weighted by molar-refractivity contribution is 8.00. The molecule has 0 radical (unpaired) electrons. The van der Waals surface area contributed by atoms with Gasteiger partial charge in [0.2, 0.25) is 0 Å². The molecule has 1 amide bonds. The van der Waals surface area contributed by atoms with E-state index in [2.05, 4.69) is 15.1 Å². The van der Waals surface area contributed by atoms with Gasteiger partial charge < -0.3 is 9.40 Å². The number of nitrogens with zero attached hydrogens (tertiary/aromatic N) is 4. The van der Waals surface area contributed by atoms with Crippen molar-refractivity contribution in [3.05, 3.63) is 68.3 Å². The molecule has 0 bridgehead atoms. The Morgan fingerprint density at radius 2 is 2.34 bits per heavy atom. The predicted octanol–water partition coefficient (Wildman–Crippen LogP) is 3.07. The van der Waals surface area contributed by atoms with E-state index in [1.807, 2.05) is 29.6 Å². The van der Waals surface area contributed by atoms with Gasteiger partial charge in [-0.3, -0.25) is 4.79 Å². The van der Waals surface area contributed by atoms with Crippen molar-refractivity contribution in [1.82, 2.24) is 15.0 Å². The van der Waals surface area contributed by atoms with Crippen LogP contribution < -0.4 is 5.69 Å². The highest BCUT2D eigenvalue weighted by Gasteiger charge is 2.35. The minimum absolute atomic E-state index is 0.0109. The number of thioether (sulfide) groups is 1. The summed E-state index contributed by atoms with van der Waals surface area (Å²) < 4.78 is 5.52. The number of carbonyl (C=O) groups excluding carboxylic acids is 1. The number of hydrazone groups is 1. The summed E-state index contributed by atoms with van der Waals surface area (Å²) in [7, 11) is 0. The zero-order valence-corrected chi connectivity index (χ0v) is 16.9. The number of aromatic nitrogens is 2. The van der Waals surface area contributed by atoms with Gasteiger partial charge in [-0.1, -0.05) is 17.8 Å². The number of amides is 1. The fourth-order valence-electron chi connectivity index (χ4n) is 3.03. The molecule has 29 heavy (non-hydrogen) atoms. The molecule has 0 spiro atoms. The van der Waals surface area contributed by atoms with E-state index in [0.29, 0.717) is 17.9 Å². The summed E-state index contributed by atoms with van der Waals surface area (Å²) in [5.74, 6) is 0.385. The smallest absolute Gasteiger partial charge is 0.346 e. The molecule has 0 saturated carbocycles. The summed E-state index contributed by atoms with van der Waals surface area (Å²) in [6.07, 6.45) is 2.12. The second-order valence-electron chi connectivity index (χ2n) is 6.25. The van der Waals surface area contributed by atoms with Crippen LogP contribution in [0.4, 0.5) is 0 Å². The molecule has 0 fully saturated rings. The molecule has 1 atom stereocenters. The lowest BCUT2D eigenvalue weighted by Crippen LogP contribution is -2.28. The van der Waals surface area contributed by atoms with Crippen LogP contribution >= 0.6 is 23.1 Å². The maximum Gasteiger partial charge on any atom is 0.346 e. The molecule has 0 saturated heterocycles. The Kier molecular flexibility index (Phi) is 5.33. The molecule has 4 rings (SSSR count). The van der Waals surface area contributed by atoms with E-state index in [0.717, 1.165) is 22.4 Å². The van der Waals surface area contributed by atoms with E-state index >= 15 is 0 Å². The van der Waals surface area contributed by atoms with Crippen LogP contribution in [0.25, 0.3) is 0 Å². The van der Waals surface area contributed by atoms with Gasteiger partial charge in [-0.15, -0.1) is 11.3 Å². The second-order valence-corrected chi connectivity index (χ2v) is 8.16. The third-order valence-electron chi connectivity index (χ3n) is 4.37. The quantitative estimate of drug-likeness (QED) is 0.496. The zero-order chi connectivity index (χ0) is 20.4. The van der Waals surface area contributed by atoms with Gasteiger partial charge in [0.1, 0.15) is 28.5 Å². The summed E-state index contributed by atoms with van der Waals surface area (Å²) in [6.45, 7) is 1.62. The van der Waals surface area contributed by atoms with Crippen molar-refractivity contribution in [3.8, 4) is 6.07 Å². The van der Waals surface area contributed by atoms with E-state index in [-0.39, 0.29) is 28.3 Å². The third-order valence-corrected chi connectivity index (χ3v) is 6.25. The van der Waals surface area contributed by atoms with Crippen molar-refractivity contribution in [2.75, 3.05) is 5.75 Å². The van der Waals surface area contributed by atoms with Crippen LogP contribution in [0.1, 0.15) is 34.4 Å². The minimum atomic E-state index is -0.552. The first-order valence-corrected chi connectivity index (χ1v) is 10.5. The van der Waals surface area contributed by atoms with Crippen LogP contribution in [-0.4, -0.2) is 32.3 Å². The first-order chi connectivity index (χ1) is 14.1. The van der Waals surface area contributed by atoms with Crippen molar-refractivity contribution in [2.45, 2.75) is 24.4 Å². The molecule has 1 aliphatic rings. The topological polar surface area (TPSA) is 115 Å². The molecule has 3 aromatic rings. The fourth-order valence-corrected chi connectivity index (χ4v) is 4.63. The van der Waals surface area contributed by atoms with Gasteiger partial charge in [-0.25, -0.2) is 9.80 Å². The second kappa shape index (κ2) is 8.06. The summed E-state index contributed by atoms with van der Waals surface area (Å²) in [4.78, 5) is 31.9. The molecule has 146 valence electrons. The van der Waals surface area contributed by atoms with Crippen molar-refractivity contribution < 1.29 is 9.21 Å². The van der Waals surface area contributed by atoms with Gasteiger partial charge in [-0.2, -0.15) is 15.3 Å². The molecule has 1 aliphatic heterocycles. The number of aryl methyl sites for hydroxylation is 1. The van der Waals surface area contributed by atoms with Crippen molar-refractivity contribution >= 4 is 34.7 Å². The molecule has 0 aliphatic carbocycles. The Hall–Kier alpha value is -3.16. The zero-order valence-electron chi connectivity index (χ0n) is 15.3. The number of hydrogen-bond donors (Lipinski definition) is 1. The van der Waals surface area contributed by atoms with E-state index in [4.69, 9.17) is 4.42 Å². The average Bonchev–Trinajstić information content (AvgIpc) is 3.46. The Morgan fingerprint density at radius 3 is 3.03 bits per heavy atom. The lowest BCUT2D eigenvalue weighted by molar-refractivity contribution is -0.130. The molecular formula is C19H15N5O3S2. The van der Waals surface area contributed by atoms with E-state index in [9.17, 15) is 14.9 Å². The molecule has 0 aromatic carbocycles. The molecule has 4 heterocycles. The van der Waals surface area contributed by atoms with Gasteiger partial charge in [0, 0.05) is 12.1 Å². The van der Waals surface area contributed by atoms with Gasteiger partial charge in [0.05, 0.1) is 22.6 Å². The van der Waals surface area contributed by atoms with E-state index in [1.165, 1.54) is 5.01 Å². The van der Waals surface area contributed by atoms with Gasteiger partial charge in [0.15, 0.2) is 0 Å². The van der Waals surface area contributed by atoms with Crippen LogP contribution in [0, 0.1) is 18.3 Å². The number of furan rings is 1. The van der Waals surface area contributed by atoms with Crippen LogP contribution in [0.3, 0.4) is 0 Å². The van der Waals surface area contributed by atoms with E-state index in [1.54, 1.807) is 30.6 Å². The van der Waals surface area contributed by atoms with Gasteiger partial charge in [-0.05, 0) is 30.5 Å². The summed E-state index contributed by atoms with van der Waals surface area (Å²) in [5, 5.41) is 17.5. The van der Waals surface area contributed by atoms with Gasteiger partial charge >= 0.3 is 5.69 Å². The SMILES string of the molecule is Cc1[nH]c(=O)nc(SCC(=O)N2N=C(c3cccs3)C[C@@H]2c2ccco2)c1C#N. The molecule has 8 nitrogen and oxygen atoms in total. The lowest BCUT2D eigenvalue weighted by Gasteiger charge is -2.19. The number of nitriles is 1. The fraction of sp³-hybridized carbons (Fsp3) is 0.211. The number of nitrogens with one attached hydrogen (secondary N) is 1. The number of aromatic amines is 1. The van der Waals surface area contributed by atoms with Crippen LogP contribution in [0.15, 0.2) is 55.2 Å². The maximum atomic E-state index is 13.0. The first-order valence-electron chi connectivity index (χ1n) is 8.67. The molecule has 10 heteroatoms. The minimum Gasteiger partial charge on any atom is -0.467 e. The van der Waals surface area contributed by atoms with Crippen molar-refractivity contribution in [2.24, 2.45) is 5.10 Å². The van der Waals surface area contributed by atoms with Crippen molar-refractivity contribution in [3.63, 3.8) is 0 Å². The standard InChI is InChI=1S/C19H15N5O3S2/c1-11-12(9-20)18(22-19(26)21-11)29-10-17(25)24-14(15-4-2-6-27-15)8-13(23-24)16-5-3-7-28-16/h2-7,14H,8,10H2,1H3,(H,21,22,26)/t14-/m1/s1. The Morgan fingerprint density at radius 1 is 1.48 bits per heavy atom. The predicted molar refractivity (Wildman–Crippen MR) is 109 cm³/mol. The molecule has 1 N–H and O–H groups in total. The number of thiophene rings is 1. The van der Waals surface area contributed by atoms with E-state index < -0.39 is 5.69 Å². The number of carbonyl (C=O) groups is 1. The average molecular weight is 425 g/mol. The summed E-state index contributed by atoms with van der Waals surface area (Å²) >= 11 is 2.61. The Bertz CT molecular complexity index is 1160. The maximum absolute atomic E-state index is 13.0. The Labute approximate surface area is 173 Å². The summed E-state index contributed by atoms with van der Waals surface area (Å²) in [5.41, 5.74) is 0.955. The van der Waals surface area contributed by atoms with Crippen LogP contribution in [-0.2, 0) is 4.79 Å². The van der Waals surface area contributed by atoms with Gasteiger partial charge in [0.25, 0.3) is 5.91 Å². The van der Waals surface area contributed by atoms with Crippen LogP contribution in [0.2, 0.25) is 0 Å². The molecule has 3 aromatic heterocycles. The highest BCUT2D eigenvalue weighted by Crippen LogP contribution is 2.34. The largest absolute Gasteiger partial charge is 0.467 e. The van der Waals surface area contributed by atoms with Crippen molar-refractivity contribution in [1.29, 1.82) is 5.26 Å². The number of rotatable bonds is 5. The highest BCUT2D eigenvalue weighted by atomic mass is 32.2. The summed E-state index contributed by atoms with van der Waals surface area (Å²) in [6, 6.07) is 9.19. The number of H-pyrrole nitrogens is 1. The number of hydrogen-bond acceptors (Lipinski definition) is 8.